The summed E-state index contributed by atoms with van der Waals surface area (Å²) in [5, 5.41) is 5.94. The first kappa shape index (κ1) is 19.7. The van der Waals surface area contributed by atoms with Gasteiger partial charge in [-0.05, 0) is 24.6 Å². The van der Waals surface area contributed by atoms with Crippen LogP contribution in [0.3, 0.4) is 0 Å². The number of hydrogen-bond donors (Lipinski definition) is 4. The molecule has 3 rings (SSSR count). The zero-order chi connectivity index (χ0) is 19.6. The number of carbonyl (C=O) groups is 1. The standard InChI is InChI=1S/C17H26N6O3S/c1-4-23(5-2)27(25,26)13-8-6-12(7-9-13)11(3)19-17-20-15-14(10-18-22-15)16(24)21-17/h6-9,11,14-15,18,22H,4-5,10H2,1-3H3,(H2,19,20,21,24). The van der Waals surface area contributed by atoms with Gasteiger partial charge in [-0.1, -0.05) is 26.0 Å². The molecule has 2 heterocycles. The summed E-state index contributed by atoms with van der Waals surface area (Å²) in [4.78, 5) is 16.8. The van der Waals surface area contributed by atoms with Gasteiger partial charge in [-0.25, -0.2) is 18.8 Å². The SMILES string of the molecule is CCN(CC)S(=O)(=O)c1ccc(C(C)NC2=NC3NNCC3C(=O)N2)cc1. The second-order valence-electron chi connectivity index (χ2n) is 6.57. The molecule has 0 spiro atoms. The Balaban J connectivity index is 1.71. The molecule has 1 saturated heterocycles. The molecule has 1 aromatic carbocycles. The molecule has 2 aliphatic heterocycles. The number of guanidine groups is 1. The Labute approximate surface area is 159 Å². The maximum atomic E-state index is 12.6. The van der Waals surface area contributed by atoms with Crippen molar-refractivity contribution in [3.05, 3.63) is 29.8 Å². The minimum Gasteiger partial charge on any atom is -0.349 e. The number of benzene rings is 1. The number of hydrazine groups is 1. The molecule has 148 valence electrons. The third-order valence-corrected chi connectivity index (χ3v) is 6.94. The van der Waals surface area contributed by atoms with Gasteiger partial charge >= 0.3 is 0 Å². The summed E-state index contributed by atoms with van der Waals surface area (Å²) in [6.45, 7) is 6.98. The van der Waals surface area contributed by atoms with Crippen LogP contribution in [0.15, 0.2) is 34.2 Å². The van der Waals surface area contributed by atoms with Crippen LogP contribution >= 0.6 is 0 Å². The fraction of sp³-hybridized carbons (Fsp3) is 0.529. The summed E-state index contributed by atoms with van der Waals surface area (Å²) in [7, 11) is -3.47. The lowest BCUT2D eigenvalue weighted by Crippen LogP contribution is -2.52. The molecule has 10 heteroatoms. The molecule has 0 saturated carbocycles. The van der Waals surface area contributed by atoms with E-state index < -0.39 is 10.0 Å². The average Bonchev–Trinajstić information content (AvgIpc) is 3.12. The highest BCUT2D eigenvalue weighted by Crippen LogP contribution is 2.20. The van der Waals surface area contributed by atoms with E-state index >= 15 is 0 Å². The first-order valence-electron chi connectivity index (χ1n) is 9.10. The Hall–Kier alpha value is -2.01. The average molecular weight is 395 g/mol. The molecular formula is C17H26N6O3S. The van der Waals surface area contributed by atoms with Gasteiger partial charge in [0.2, 0.25) is 15.9 Å². The van der Waals surface area contributed by atoms with Gasteiger partial charge in [0.1, 0.15) is 6.17 Å². The number of hydrogen-bond acceptors (Lipinski definition) is 7. The number of sulfonamides is 1. The van der Waals surface area contributed by atoms with E-state index in [9.17, 15) is 13.2 Å². The maximum absolute atomic E-state index is 12.6. The molecule has 1 aromatic rings. The van der Waals surface area contributed by atoms with Crippen molar-refractivity contribution in [1.29, 1.82) is 0 Å². The second-order valence-corrected chi connectivity index (χ2v) is 8.51. The van der Waals surface area contributed by atoms with E-state index in [1.54, 1.807) is 24.3 Å². The lowest BCUT2D eigenvalue weighted by atomic mass is 10.1. The van der Waals surface area contributed by atoms with E-state index in [-0.39, 0.29) is 28.9 Å². The molecule has 0 radical (unpaired) electrons. The lowest BCUT2D eigenvalue weighted by Gasteiger charge is -2.25. The normalized spacial score (nSPS) is 23.6. The van der Waals surface area contributed by atoms with Gasteiger partial charge in [-0.3, -0.25) is 15.5 Å². The van der Waals surface area contributed by atoms with Crippen molar-refractivity contribution >= 4 is 21.9 Å². The molecule has 0 bridgehead atoms. The van der Waals surface area contributed by atoms with Gasteiger partial charge in [0.15, 0.2) is 5.96 Å². The van der Waals surface area contributed by atoms with Gasteiger partial charge in [0.05, 0.1) is 16.9 Å². The number of carbonyl (C=O) groups excluding carboxylic acids is 1. The number of amides is 1. The van der Waals surface area contributed by atoms with Crippen LogP contribution in [-0.4, -0.2) is 50.4 Å². The quantitative estimate of drug-likeness (QED) is 0.536. The molecular weight excluding hydrogens is 368 g/mol. The highest BCUT2D eigenvalue weighted by Gasteiger charge is 2.37. The Morgan fingerprint density at radius 2 is 1.93 bits per heavy atom. The number of rotatable bonds is 6. The fourth-order valence-corrected chi connectivity index (χ4v) is 4.69. The highest BCUT2D eigenvalue weighted by molar-refractivity contribution is 7.89. The smallest absolute Gasteiger partial charge is 0.243 e. The van der Waals surface area contributed by atoms with E-state index in [0.717, 1.165) is 5.56 Å². The predicted molar refractivity (Wildman–Crippen MR) is 102 cm³/mol. The molecule has 9 nitrogen and oxygen atoms in total. The minimum absolute atomic E-state index is 0.0807. The zero-order valence-corrected chi connectivity index (χ0v) is 16.5. The van der Waals surface area contributed by atoms with Crippen LogP contribution < -0.4 is 21.5 Å². The summed E-state index contributed by atoms with van der Waals surface area (Å²) >= 11 is 0. The number of fused-ring (bicyclic) bond motifs is 1. The van der Waals surface area contributed by atoms with Crippen molar-refractivity contribution in [2.75, 3.05) is 19.6 Å². The third kappa shape index (κ3) is 3.98. The van der Waals surface area contributed by atoms with Crippen LogP contribution in [0, 0.1) is 5.92 Å². The van der Waals surface area contributed by atoms with Crippen LogP contribution in [0.5, 0.6) is 0 Å². The van der Waals surface area contributed by atoms with Crippen LogP contribution in [0.2, 0.25) is 0 Å². The number of aliphatic imine (C=N–C) groups is 1. The summed E-state index contributed by atoms with van der Waals surface area (Å²) in [6.07, 6.45) is -0.282. The van der Waals surface area contributed by atoms with E-state index in [0.29, 0.717) is 25.6 Å². The van der Waals surface area contributed by atoms with Gasteiger partial charge in [0.25, 0.3) is 0 Å². The lowest BCUT2D eigenvalue weighted by molar-refractivity contribution is -0.123. The van der Waals surface area contributed by atoms with E-state index in [1.807, 2.05) is 20.8 Å². The van der Waals surface area contributed by atoms with Gasteiger partial charge < -0.3 is 5.32 Å². The Morgan fingerprint density at radius 1 is 1.26 bits per heavy atom. The van der Waals surface area contributed by atoms with E-state index in [2.05, 4.69) is 26.5 Å². The van der Waals surface area contributed by atoms with Crippen molar-refractivity contribution in [3.63, 3.8) is 0 Å². The van der Waals surface area contributed by atoms with Crippen molar-refractivity contribution in [2.24, 2.45) is 10.9 Å². The van der Waals surface area contributed by atoms with Gasteiger partial charge in [-0.2, -0.15) is 4.31 Å². The van der Waals surface area contributed by atoms with E-state index in [4.69, 9.17) is 0 Å². The highest BCUT2D eigenvalue weighted by atomic mass is 32.2. The summed E-state index contributed by atoms with van der Waals surface area (Å²) < 4.78 is 26.6. The third-order valence-electron chi connectivity index (χ3n) is 4.88. The van der Waals surface area contributed by atoms with Gasteiger partial charge in [0, 0.05) is 19.6 Å². The maximum Gasteiger partial charge on any atom is 0.243 e. The molecule has 1 amide bonds. The molecule has 3 unspecified atom stereocenters. The van der Waals surface area contributed by atoms with Crippen LogP contribution in [-0.2, 0) is 14.8 Å². The fourth-order valence-electron chi connectivity index (χ4n) is 3.23. The largest absolute Gasteiger partial charge is 0.349 e. The molecule has 3 atom stereocenters. The van der Waals surface area contributed by atoms with Crippen LogP contribution in [0.1, 0.15) is 32.4 Å². The van der Waals surface area contributed by atoms with Crippen molar-refractivity contribution < 1.29 is 13.2 Å². The van der Waals surface area contributed by atoms with Crippen LogP contribution in [0.25, 0.3) is 0 Å². The zero-order valence-electron chi connectivity index (χ0n) is 15.7. The molecule has 27 heavy (non-hydrogen) atoms. The van der Waals surface area contributed by atoms with Crippen molar-refractivity contribution in [2.45, 2.75) is 37.9 Å². The molecule has 4 N–H and O–H groups in total. The molecule has 0 aliphatic carbocycles. The first-order chi connectivity index (χ1) is 12.9. The number of nitrogens with one attached hydrogen (secondary N) is 4. The molecule has 0 aromatic heterocycles. The monoisotopic (exact) mass is 394 g/mol. The summed E-state index contributed by atoms with van der Waals surface area (Å²) in [6, 6.07) is 6.62. The Kier molecular flexibility index (Phi) is 5.80. The molecule has 1 fully saturated rings. The Morgan fingerprint density at radius 3 is 2.56 bits per heavy atom. The van der Waals surface area contributed by atoms with Crippen molar-refractivity contribution in [1.82, 2.24) is 25.8 Å². The predicted octanol–water partition coefficient (Wildman–Crippen LogP) is -0.0964. The summed E-state index contributed by atoms with van der Waals surface area (Å²) in [5.41, 5.74) is 6.79. The van der Waals surface area contributed by atoms with Crippen molar-refractivity contribution in [3.8, 4) is 0 Å². The van der Waals surface area contributed by atoms with Crippen LogP contribution in [0.4, 0.5) is 0 Å². The topological polar surface area (TPSA) is 115 Å². The van der Waals surface area contributed by atoms with Gasteiger partial charge in [-0.15, -0.1) is 0 Å². The molecule has 2 aliphatic rings. The summed E-state index contributed by atoms with van der Waals surface area (Å²) in [5.74, 6) is 0.114. The first-order valence-corrected chi connectivity index (χ1v) is 10.5. The second kappa shape index (κ2) is 7.93. The minimum atomic E-state index is -3.47. The Bertz CT molecular complexity index is 820. The number of nitrogens with zero attached hydrogens (tertiary/aromatic N) is 2. The van der Waals surface area contributed by atoms with E-state index in [1.165, 1.54) is 4.31 Å².